The summed E-state index contributed by atoms with van der Waals surface area (Å²) in [5, 5.41) is 17.3. The van der Waals surface area contributed by atoms with Crippen LogP contribution in [0.5, 0.6) is 5.75 Å². The number of benzene rings is 2. The standard InChI is InChI=1S/C23H22N4O3S/c1-14(2)25-23(29)26-17-6-4-5-16(11-17)21(28)19(12-24)22-27-20(13-31-22)15-7-9-18(30-3)10-8-15/h4-11,13-14,19H,1-3H3,(H2,25,26,29). The highest BCUT2D eigenvalue weighted by molar-refractivity contribution is 7.10. The van der Waals surface area contributed by atoms with Crippen LogP contribution in [-0.4, -0.2) is 29.9 Å². The van der Waals surface area contributed by atoms with Crippen LogP contribution in [0.2, 0.25) is 0 Å². The molecule has 2 N–H and O–H groups in total. The van der Waals surface area contributed by atoms with Crippen LogP contribution in [0, 0.1) is 11.3 Å². The second-order valence-electron chi connectivity index (χ2n) is 7.06. The fraction of sp³-hybridized carbons (Fsp3) is 0.217. The number of aromatic nitrogens is 1. The Morgan fingerprint density at radius 3 is 2.55 bits per heavy atom. The van der Waals surface area contributed by atoms with Crippen LogP contribution in [0.4, 0.5) is 10.5 Å². The summed E-state index contributed by atoms with van der Waals surface area (Å²) in [6.07, 6.45) is 0. The lowest BCUT2D eigenvalue weighted by molar-refractivity contribution is 0.0979. The molecule has 2 amide bonds. The molecule has 1 aromatic heterocycles. The molecular weight excluding hydrogens is 412 g/mol. The average Bonchev–Trinajstić information content (AvgIpc) is 3.23. The van der Waals surface area contributed by atoms with Crippen LogP contribution in [-0.2, 0) is 0 Å². The highest BCUT2D eigenvalue weighted by Gasteiger charge is 2.25. The van der Waals surface area contributed by atoms with Crippen LogP contribution in [0.15, 0.2) is 53.9 Å². The van der Waals surface area contributed by atoms with E-state index in [0.717, 1.165) is 11.3 Å². The third kappa shape index (κ3) is 5.47. The minimum Gasteiger partial charge on any atom is -0.497 e. The molecule has 0 fully saturated rings. The molecule has 0 saturated carbocycles. The lowest BCUT2D eigenvalue weighted by Gasteiger charge is -2.11. The summed E-state index contributed by atoms with van der Waals surface area (Å²) >= 11 is 1.27. The first-order valence-corrected chi connectivity index (χ1v) is 10.5. The van der Waals surface area contributed by atoms with E-state index < -0.39 is 5.92 Å². The topological polar surface area (TPSA) is 104 Å². The number of carbonyl (C=O) groups is 2. The molecule has 158 valence electrons. The van der Waals surface area contributed by atoms with E-state index in [1.807, 2.05) is 43.5 Å². The van der Waals surface area contributed by atoms with Gasteiger partial charge in [-0.15, -0.1) is 11.3 Å². The minimum atomic E-state index is -1.03. The van der Waals surface area contributed by atoms with E-state index in [2.05, 4.69) is 21.7 Å². The van der Waals surface area contributed by atoms with E-state index in [4.69, 9.17) is 4.74 Å². The smallest absolute Gasteiger partial charge is 0.319 e. The first-order chi connectivity index (χ1) is 14.9. The Hall–Kier alpha value is -3.70. The number of methoxy groups -OCH3 is 1. The van der Waals surface area contributed by atoms with Crippen molar-refractivity contribution in [2.24, 2.45) is 0 Å². The Morgan fingerprint density at radius 1 is 1.16 bits per heavy atom. The fourth-order valence-corrected chi connectivity index (χ4v) is 3.75. The summed E-state index contributed by atoms with van der Waals surface area (Å²) in [5.41, 5.74) is 2.36. The van der Waals surface area contributed by atoms with Crippen molar-refractivity contribution >= 4 is 28.8 Å². The molecule has 1 heterocycles. The van der Waals surface area contributed by atoms with Gasteiger partial charge in [0.05, 0.1) is 18.9 Å². The highest BCUT2D eigenvalue weighted by atomic mass is 32.1. The maximum atomic E-state index is 13.0. The molecule has 31 heavy (non-hydrogen) atoms. The minimum absolute atomic E-state index is 0.0161. The zero-order valence-electron chi connectivity index (χ0n) is 17.4. The zero-order valence-corrected chi connectivity index (χ0v) is 18.2. The van der Waals surface area contributed by atoms with Gasteiger partial charge in [-0.1, -0.05) is 12.1 Å². The summed E-state index contributed by atoms with van der Waals surface area (Å²) in [7, 11) is 1.60. The molecule has 1 atom stereocenters. The van der Waals surface area contributed by atoms with E-state index in [-0.39, 0.29) is 17.9 Å². The van der Waals surface area contributed by atoms with Crippen molar-refractivity contribution < 1.29 is 14.3 Å². The summed E-state index contributed by atoms with van der Waals surface area (Å²) in [6.45, 7) is 3.70. The van der Waals surface area contributed by atoms with E-state index >= 15 is 0 Å². The maximum absolute atomic E-state index is 13.0. The van der Waals surface area contributed by atoms with E-state index in [0.29, 0.717) is 22.0 Å². The molecular formula is C23H22N4O3S. The molecule has 2 aromatic carbocycles. The third-order valence-corrected chi connectivity index (χ3v) is 5.28. The maximum Gasteiger partial charge on any atom is 0.319 e. The van der Waals surface area contributed by atoms with E-state index in [9.17, 15) is 14.9 Å². The number of nitrogens with zero attached hydrogens (tertiary/aromatic N) is 2. The van der Waals surface area contributed by atoms with Gasteiger partial charge in [-0.2, -0.15) is 5.26 Å². The van der Waals surface area contributed by atoms with Crippen molar-refractivity contribution in [2.75, 3.05) is 12.4 Å². The van der Waals surface area contributed by atoms with Crippen LogP contribution < -0.4 is 15.4 Å². The predicted molar refractivity (Wildman–Crippen MR) is 121 cm³/mol. The molecule has 7 nitrogen and oxygen atoms in total. The van der Waals surface area contributed by atoms with Gasteiger partial charge in [-0.05, 0) is 50.2 Å². The Balaban J connectivity index is 1.79. The molecule has 0 saturated heterocycles. The van der Waals surface area contributed by atoms with Gasteiger partial charge >= 0.3 is 6.03 Å². The lowest BCUT2D eigenvalue weighted by atomic mass is 9.99. The monoisotopic (exact) mass is 434 g/mol. The van der Waals surface area contributed by atoms with E-state index in [1.165, 1.54) is 11.3 Å². The number of hydrogen-bond acceptors (Lipinski definition) is 6. The number of hydrogen-bond donors (Lipinski definition) is 2. The second-order valence-corrected chi connectivity index (χ2v) is 7.95. The first kappa shape index (κ1) is 22.0. The van der Waals surface area contributed by atoms with Crippen molar-refractivity contribution in [3.63, 3.8) is 0 Å². The molecule has 0 aliphatic rings. The molecule has 0 bridgehead atoms. The molecule has 3 rings (SSSR count). The van der Waals surface area contributed by atoms with Crippen molar-refractivity contribution in [3.8, 4) is 23.1 Å². The number of nitrogens with one attached hydrogen (secondary N) is 2. The largest absolute Gasteiger partial charge is 0.497 e. The number of nitriles is 1. The quantitative estimate of drug-likeness (QED) is 0.518. The van der Waals surface area contributed by atoms with Crippen LogP contribution in [0.1, 0.15) is 35.1 Å². The summed E-state index contributed by atoms with van der Waals surface area (Å²) < 4.78 is 5.16. The normalized spacial score (nSPS) is 11.5. The number of ketones is 1. The second kappa shape index (κ2) is 9.87. The zero-order chi connectivity index (χ0) is 22.4. The number of thiazole rings is 1. The van der Waals surface area contributed by atoms with Gasteiger partial charge in [-0.3, -0.25) is 4.79 Å². The fourth-order valence-electron chi connectivity index (χ4n) is 2.89. The van der Waals surface area contributed by atoms with E-state index in [1.54, 1.807) is 31.4 Å². The van der Waals surface area contributed by atoms with Gasteiger partial charge in [0.1, 0.15) is 10.8 Å². The molecule has 0 aliphatic heterocycles. The average molecular weight is 435 g/mol. The number of rotatable bonds is 7. The Labute approximate surface area is 184 Å². The van der Waals surface area contributed by atoms with Crippen molar-refractivity contribution in [2.45, 2.75) is 25.8 Å². The predicted octanol–water partition coefficient (Wildman–Crippen LogP) is 4.84. The number of anilines is 1. The number of amides is 2. The SMILES string of the molecule is COc1ccc(-c2csc(C(C#N)C(=O)c3cccc(NC(=O)NC(C)C)c3)n2)cc1. The Morgan fingerprint density at radius 2 is 1.90 bits per heavy atom. The van der Waals surface area contributed by atoms with Crippen LogP contribution in [0.25, 0.3) is 11.3 Å². The van der Waals surface area contributed by atoms with Crippen LogP contribution >= 0.6 is 11.3 Å². The molecule has 0 spiro atoms. The first-order valence-electron chi connectivity index (χ1n) is 9.62. The van der Waals surface area contributed by atoms with Gasteiger partial charge in [0.15, 0.2) is 11.7 Å². The number of urea groups is 1. The number of ether oxygens (including phenoxy) is 1. The number of carbonyl (C=O) groups excluding carboxylic acids is 2. The van der Waals surface area contributed by atoms with Gasteiger partial charge in [0.2, 0.25) is 0 Å². The molecule has 0 radical (unpaired) electrons. The van der Waals surface area contributed by atoms with Crippen LogP contribution in [0.3, 0.4) is 0 Å². The van der Waals surface area contributed by atoms with Crippen molar-refractivity contribution in [1.82, 2.24) is 10.3 Å². The molecule has 1 unspecified atom stereocenters. The lowest BCUT2D eigenvalue weighted by Crippen LogP contribution is -2.34. The Kier molecular flexibility index (Phi) is 7.00. The summed E-state index contributed by atoms with van der Waals surface area (Å²) in [4.78, 5) is 29.5. The van der Waals surface area contributed by atoms with Crippen molar-refractivity contribution in [3.05, 3.63) is 64.5 Å². The molecule has 3 aromatic rings. The summed E-state index contributed by atoms with van der Waals surface area (Å²) in [5.74, 6) is -0.664. The van der Waals surface area contributed by atoms with Gasteiger partial charge in [0, 0.05) is 28.2 Å². The Bertz CT molecular complexity index is 1120. The molecule has 8 heteroatoms. The van der Waals surface area contributed by atoms with Gasteiger partial charge in [-0.25, -0.2) is 9.78 Å². The number of Topliss-reactive ketones (excluding diaryl/α,β-unsaturated/α-hetero) is 1. The highest BCUT2D eigenvalue weighted by Crippen LogP contribution is 2.30. The van der Waals surface area contributed by atoms with Crippen molar-refractivity contribution in [1.29, 1.82) is 5.26 Å². The third-order valence-electron chi connectivity index (χ3n) is 4.37. The van der Waals surface area contributed by atoms with Gasteiger partial charge < -0.3 is 15.4 Å². The molecule has 0 aliphatic carbocycles. The summed E-state index contributed by atoms with van der Waals surface area (Å²) in [6, 6.07) is 15.6. The van der Waals surface area contributed by atoms with Gasteiger partial charge in [0.25, 0.3) is 0 Å².